The lowest BCUT2D eigenvalue weighted by molar-refractivity contribution is -0.116. The molecule has 2 aromatic carbocycles. The molecule has 6 nitrogen and oxygen atoms in total. The third kappa shape index (κ3) is 4.98. The second kappa shape index (κ2) is 9.13. The van der Waals surface area contributed by atoms with Crippen molar-refractivity contribution < 1.29 is 4.79 Å². The van der Waals surface area contributed by atoms with E-state index >= 15 is 0 Å². The molecule has 0 spiro atoms. The zero-order chi connectivity index (χ0) is 21.0. The quantitative estimate of drug-likeness (QED) is 0.577. The van der Waals surface area contributed by atoms with Crippen molar-refractivity contribution in [3.8, 4) is 0 Å². The zero-order valence-electron chi connectivity index (χ0n) is 16.8. The van der Waals surface area contributed by atoms with Crippen LogP contribution in [-0.2, 0) is 11.3 Å². The number of aromatic amines is 1. The van der Waals surface area contributed by atoms with Crippen LogP contribution < -0.4 is 16.4 Å². The van der Waals surface area contributed by atoms with Crippen molar-refractivity contribution >= 4 is 34.1 Å². The fourth-order valence-electron chi connectivity index (χ4n) is 3.00. The molecule has 1 heterocycles. The molecule has 1 unspecified atom stereocenters. The van der Waals surface area contributed by atoms with Crippen LogP contribution in [0.3, 0.4) is 0 Å². The first-order valence-corrected chi connectivity index (χ1v) is 10.6. The van der Waals surface area contributed by atoms with Gasteiger partial charge in [-0.05, 0) is 49.2 Å². The van der Waals surface area contributed by atoms with Crippen LogP contribution in [0, 0.1) is 6.92 Å². The number of aromatic nitrogens is 2. The normalized spacial score (nSPS) is 12.1. The van der Waals surface area contributed by atoms with Crippen molar-refractivity contribution in [1.29, 1.82) is 0 Å². The van der Waals surface area contributed by atoms with Gasteiger partial charge < -0.3 is 5.32 Å². The van der Waals surface area contributed by atoms with Gasteiger partial charge in [0, 0.05) is 22.3 Å². The van der Waals surface area contributed by atoms with E-state index in [-0.39, 0.29) is 30.0 Å². The van der Waals surface area contributed by atoms with Crippen LogP contribution in [0.5, 0.6) is 0 Å². The fourth-order valence-corrected chi connectivity index (χ4v) is 4.02. The summed E-state index contributed by atoms with van der Waals surface area (Å²) in [6, 6.07) is 12.6. The molecular weight excluding hydrogens is 386 g/mol. The van der Waals surface area contributed by atoms with Gasteiger partial charge in [-0.2, -0.15) is 0 Å². The van der Waals surface area contributed by atoms with E-state index in [2.05, 4.69) is 30.3 Å². The molecule has 1 atom stereocenters. The Morgan fingerprint density at radius 2 is 1.90 bits per heavy atom. The van der Waals surface area contributed by atoms with Gasteiger partial charge in [0.25, 0.3) is 11.1 Å². The van der Waals surface area contributed by atoms with Gasteiger partial charge >= 0.3 is 0 Å². The summed E-state index contributed by atoms with van der Waals surface area (Å²) in [6.07, 6.45) is 1.18. The third-order valence-electron chi connectivity index (χ3n) is 4.83. The molecule has 0 radical (unpaired) electrons. The highest BCUT2D eigenvalue weighted by Crippen LogP contribution is 2.28. The minimum absolute atomic E-state index is 0.0804. The molecule has 0 fully saturated rings. The highest BCUT2D eigenvalue weighted by Gasteiger charge is 2.10. The summed E-state index contributed by atoms with van der Waals surface area (Å²) in [6.45, 7) is 6.41. The number of nitrogens with one attached hydrogen (secondary N) is 2. The number of amides is 1. The number of benzene rings is 2. The predicted molar refractivity (Wildman–Crippen MR) is 119 cm³/mol. The first-order chi connectivity index (χ1) is 13.9. The second-order valence-electron chi connectivity index (χ2n) is 7.05. The van der Waals surface area contributed by atoms with Crippen molar-refractivity contribution in [3.05, 3.63) is 68.7 Å². The Morgan fingerprint density at radius 3 is 2.59 bits per heavy atom. The van der Waals surface area contributed by atoms with Crippen molar-refractivity contribution in [1.82, 2.24) is 9.78 Å². The summed E-state index contributed by atoms with van der Waals surface area (Å²) in [7, 11) is 0. The number of carbonyl (C=O) groups is 1. The Balaban J connectivity index is 1.68. The molecule has 1 amide bonds. The SMILES string of the molecule is CCC(C)Sc1ccc(NC(=O)CCn2[nH]c(=O)c3ccccc3c2=O)c(C)c1. The Bertz CT molecular complexity index is 1150. The molecular formula is C22H25N3O3S. The van der Waals surface area contributed by atoms with Gasteiger partial charge in [0.2, 0.25) is 5.91 Å². The first kappa shape index (κ1) is 20.9. The molecule has 29 heavy (non-hydrogen) atoms. The number of nitrogens with zero attached hydrogens (tertiary/aromatic N) is 1. The van der Waals surface area contributed by atoms with Crippen molar-refractivity contribution in [2.24, 2.45) is 0 Å². The minimum atomic E-state index is -0.342. The van der Waals surface area contributed by atoms with E-state index in [1.165, 1.54) is 9.58 Å². The van der Waals surface area contributed by atoms with E-state index in [0.29, 0.717) is 16.0 Å². The molecule has 7 heteroatoms. The standard InChI is InChI=1S/C22H25N3O3S/c1-4-15(3)29-16-9-10-19(14(2)13-16)23-20(26)11-12-25-22(28)18-8-6-5-7-17(18)21(27)24-25/h5-10,13,15H,4,11-12H2,1-3H3,(H,23,26)(H,24,27). The van der Waals surface area contributed by atoms with E-state index in [1.54, 1.807) is 24.3 Å². The summed E-state index contributed by atoms with van der Waals surface area (Å²) in [4.78, 5) is 38.2. The number of aryl methyl sites for hydroxylation is 2. The van der Waals surface area contributed by atoms with Gasteiger partial charge in [-0.3, -0.25) is 19.5 Å². The number of hydrogen-bond acceptors (Lipinski definition) is 4. The van der Waals surface area contributed by atoms with Gasteiger partial charge in [0.05, 0.1) is 17.3 Å². The van der Waals surface area contributed by atoms with E-state index in [4.69, 9.17) is 0 Å². The molecule has 0 saturated heterocycles. The van der Waals surface area contributed by atoms with Crippen LogP contribution in [0.4, 0.5) is 5.69 Å². The van der Waals surface area contributed by atoms with Crippen LogP contribution >= 0.6 is 11.8 Å². The Labute approximate surface area is 173 Å². The average Bonchev–Trinajstić information content (AvgIpc) is 2.71. The smallest absolute Gasteiger partial charge is 0.273 e. The molecule has 1 aromatic heterocycles. The Hall–Kier alpha value is -2.80. The topological polar surface area (TPSA) is 84.0 Å². The van der Waals surface area contributed by atoms with Gasteiger partial charge in [-0.15, -0.1) is 11.8 Å². The average molecular weight is 412 g/mol. The lowest BCUT2D eigenvalue weighted by Crippen LogP contribution is -2.31. The van der Waals surface area contributed by atoms with Gasteiger partial charge in [0.15, 0.2) is 0 Å². The van der Waals surface area contributed by atoms with Crippen LogP contribution in [0.15, 0.2) is 56.9 Å². The second-order valence-corrected chi connectivity index (χ2v) is 8.57. The predicted octanol–water partition coefficient (Wildman–Crippen LogP) is 3.92. The molecule has 0 saturated carbocycles. The van der Waals surface area contributed by atoms with Crippen LogP contribution in [-0.4, -0.2) is 20.9 Å². The van der Waals surface area contributed by atoms with Gasteiger partial charge in [-0.1, -0.05) is 26.0 Å². The van der Waals surface area contributed by atoms with Crippen molar-refractivity contribution in [2.75, 3.05) is 5.32 Å². The van der Waals surface area contributed by atoms with E-state index in [1.807, 2.05) is 30.8 Å². The number of fused-ring (bicyclic) bond motifs is 1. The largest absolute Gasteiger partial charge is 0.326 e. The van der Waals surface area contributed by atoms with Crippen molar-refractivity contribution in [3.63, 3.8) is 0 Å². The molecule has 3 rings (SSSR count). The lowest BCUT2D eigenvalue weighted by atomic mass is 10.2. The van der Waals surface area contributed by atoms with E-state index in [0.717, 1.165) is 17.7 Å². The number of hydrogen-bond donors (Lipinski definition) is 2. The third-order valence-corrected chi connectivity index (χ3v) is 6.09. The highest BCUT2D eigenvalue weighted by atomic mass is 32.2. The number of rotatable bonds is 7. The maximum atomic E-state index is 12.5. The van der Waals surface area contributed by atoms with Crippen LogP contribution in [0.1, 0.15) is 32.3 Å². The fraction of sp³-hybridized carbons (Fsp3) is 0.318. The molecule has 3 aromatic rings. The van der Waals surface area contributed by atoms with Crippen LogP contribution in [0.2, 0.25) is 0 Å². The molecule has 2 N–H and O–H groups in total. The maximum absolute atomic E-state index is 12.5. The minimum Gasteiger partial charge on any atom is -0.326 e. The van der Waals surface area contributed by atoms with E-state index < -0.39 is 0 Å². The summed E-state index contributed by atoms with van der Waals surface area (Å²) in [5.74, 6) is -0.212. The van der Waals surface area contributed by atoms with Gasteiger partial charge in [-0.25, -0.2) is 4.68 Å². The number of anilines is 1. The summed E-state index contributed by atoms with van der Waals surface area (Å²) in [5, 5.41) is 6.68. The Morgan fingerprint density at radius 1 is 1.17 bits per heavy atom. The lowest BCUT2D eigenvalue weighted by Gasteiger charge is -2.13. The Kier molecular flexibility index (Phi) is 6.59. The highest BCUT2D eigenvalue weighted by molar-refractivity contribution is 7.99. The first-order valence-electron chi connectivity index (χ1n) is 9.68. The van der Waals surface area contributed by atoms with Crippen molar-refractivity contribution in [2.45, 2.75) is 50.3 Å². The summed E-state index contributed by atoms with van der Waals surface area (Å²) in [5.41, 5.74) is 1.09. The number of H-pyrrole nitrogens is 1. The summed E-state index contributed by atoms with van der Waals surface area (Å²) >= 11 is 1.81. The molecule has 0 aliphatic carbocycles. The maximum Gasteiger partial charge on any atom is 0.273 e. The number of thioether (sulfide) groups is 1. The monoisotopic (exact) mass is 411 g/mol. The van der Waals surface area contributed by atoms with Crippen LogP contribution in [0.25, 0.3) is 10.8 Å². The zero-order valence-corrected chi connectivity index (χ0v) is 17.6. The van der Waals surface area contributed by atoms with Gasteiger partial charge in [0.1, 0.15) is 0 Å². The molecule has 0 aliphatic heterocycles. The molecule has 0 bridgehead atoms. The van der Waals surface area contributed by atoms with E-state index in [9.17, 15) is 14.4 Å². The molecule has 152 valence electrons. The summed E-state index contributed by atoms with van der Waals surface area (Å²) < 4.78 is 1.20. The number of carbonyl (C=O) groups excluding carboxylic acids is 1. The molecule has 0 aliphatic rings.